The summed E-state index contributed by atoms with van der Waals surface area (Å²) in [7, 11) is 0. The molecule has 0 amide bonds. The molecule has 2 heterocycles. The van der Waals surface area contributed by atoms with E-state index in [2.05, 4.69) is 252 Å². The van der Waals surface area contributed by atoms with Crippen LogP contribution in [0.2, 0.25) is 0 Å². The molecule has 0 spiro atoms. The van der Waals surface area contributed by atoms with E-state index in [1.165, 1.54) is 43.4 Å². The third kappa shape index (κ3) is 6.12. The summed E-state index contributed by atoms with van der Waals surface area (Å²) in [6.45, 7) is 0. The summed E-state index contributed by atoms with van der Waals surface area (Å²) in [5, 5.41) is 9.55. The molecule has 0 aliphatic carbocycles. The molecule has 0 atom stereocenters. The zero-order valence-corrected chi connectivity index (χ0v) is 35.4. The summed E-state index contributed by atoms with van der Waals surface area (Å²) < 4.78 is 9.46. The minimum atomic E-state index is 0.850. The van der Waals surface area contributed by atoms with Gasteiger partial charge in [-0.05, 0) is 117 Å². The molecule has 304 valence electrons. The summed E-state index contributed by atoms with van der Waals surface area (Å²) in [5.41, 5.74) is 15.0. The van der Waals surface area contributed by atoms with Crippen LogP contribution in [0.15, 0.2) is 247 Å². The fourth-order valence-electron chi connectivity index (χ4n) is 10.1. The van der Waals surface area contributed by atoms with Crippen LogP contribution in [0.3, 0.4) is 0 Å². The second-order valence-corrected chi connectivity index (χ2v) is 16.9. The number of fused-ring (bicyclic) bond motifs is 8. The van der Waals surface area contributed by atoms with E-state index in [0.717, 1.165) is 78.0 Å². The second kappa shape index (κ2) is 15.0. The smallest absolute Gasteiger partial charge is 0.145 e. The number of furan rings is 1. The first-order valence-electron chi connectivity index (χ1n) is 22.2. The molecular weight excluding hydrogens is 789 g/mol. The molecule has 0 saturated carbocycles. The SMILES string of the molecule is c1ccc(-n2c3ccccc3c3ccccc32)c(-c2c(N(c3ccc(-c4ccc5ccccc5c4)cc3)c3ccc(-c4ccc5ccccc5c4)cc3)ccc3c2oc2ccccc23)c1. The average molecular weight is 829 g/mol. The molecule has 0 radical (unpaired) electrons. The Morgan fingerprint density at radius 3 is 1.42 bits per heavy atom. The topological polar surface area (TPSA) is 21.3 Å². The van der Waals surface area contributed by atoms with Crippen LogP contribution in [0.25, 0.3) is 104 Å². The average Bonchev–Trinajstić information content (AvgIpc) is 3.92. The van der Waals surface area contributed by atoms with Gasteiger partial charge in [-0.25, -0.2) is 0 Å². The number of nitrogens with zero attached hydrogens (tertiary/aromatic N) is 2. The van der Waals surface area contributed by atoms with Gasteiger partial charge in [0.05, 0.1) is 28.0 Å². The molecule has 0 fully saturated rings. The van der Waals surface area contributed by atoms with E-state index in [0.29, 0.717) is 0 Å². The van der Waals surface area contributed by atoms with Crippen molar-refractivity contribution in [3.8, 4) is 39.1 Å². The lowest BCUT2D eigenvalue weighted by molar-refractivity contribution is 0.670. The van der Waals surface area contributed by atoms with Crippen molar-refractivity contribution in [2.45, 2.75) is 0 Å². The molecule has 13 rings (SSSR count). The Balaban J connectivity index is 1.05. The molecule has 65 heavy (non-hydrogen) atoms. The van der Waals surface area contributed by atoms with Crippen LogP contribution in [0.1, 0.15) is 0 Å². The Labute approximate surface area is 376 Å². The third-order valence-electron chi connectivity index (χ3n) is 13.2. The number of anilines is 3. The van der Waals surface area contributed by atoms with Crippen LogP contribution in [0.4, 0.5) is 17.1 Å². The molecule has 11 aromatic carbocycles. The quantitative estimate of drug-likeness (QED) is 0.160. The van der Waals surface area contributed by atoms with E-state index in [9.17, 15) is 0 Å². The minimum absolute atomic E-state index is 0.850. The van der Waals surface area contributed by atoms with Crippen molar-refractivity contribution in [3.05, 3.63) is 243 Å². The predicted molar refractivity (Wildman–Crippen MR) is 274 cm³/mol. The van der Waals surface area contributed by atoms with Crippen molar-refractivity contribution in [2.75, 3.05) is 4.90 Å². The third-order valence-corrected chi connectivity index (χ3v) is 13.2. The largest absolute Gasteiger partial charge is 0.455 e. The van der Waals surface area contributed by atoms with E-state index < -0.39 is 0 Å². The van der Waals surface area contributed by atoms with Gasteiger partial charge in [0, 0.05) is 38.5 Å². The molecule has 0 aliphatic heterocycles. The lowest BCUT2D eigenvalue weighted by Crippen LogP contribution is -2.12. The fraction of sp³-hybridized carbons (Fsp3) is 0. The first kappa shape index (κ1) is 36.9. The van der Waals surface area contributed by atoms with E-state index in [4.69, 9.17) is 4.42 Å². The standard InChI is InChI=1S/C62H40N2O/c1-3-15-45-39-47(27-25-41(45)13-1)43-29-33-49(34-30-43)63(50-35-31-44(32-36-50)48-28-26-42-14-2-4-16-46(42)40-48)59-38-37-54-53-19-8-12-24-60(53)65-62(54)61(59)55-20-7-11-23-58(55)64-56-21-9-5-17-51(56)52-18-6-10-22-57(52)64/h1-40H. The number of rotatable bonds is 7. The molecule has 0 N–H and O–H groups in total. The van der Waals surface area contributed by atoms with Crippen molar-refractivity contribution >= 4 is 82.4 Å². The van der Waals surface area contributed by atoms with Gasteiger partial charge in [0.1, 0.15) is 11.2 Å². The van der Waals surface area contributed by atoms with E-state index in [1.807, 2.05) is 0 Å². The molecular formula is C62H40N2O. The summed E-state index contributed by atoms with van der Waals surface area (Å²) in [4.78, 5) is 2.40. The van der Waals surface area contributed by atoms with Crippen LogP contribution < -0.4 is 4.90 Å². The van der Waals surface area contributed by atoms with Crippen molar-refractivity contribution in [1.82, 2.24) is 4.57 Å². The summed E-state index contributed by atoms with van der Waals surface area (Å²) in [6, 6.07) is 87.8. The molecule has 2 aromatic heterocycles. The lowest BCUT2D eigenvalue weighted by Gasteiger charge is -2.29. The van der Waals surface area contributed by atoms with Gasteiger partial charge in [0.25, 0.3) is 0 Å². The number of benzene rings is 11. The zero-order chi connectivity index (χ0) is 42.8. The molecule has 0 saturated heterocycles. The minimum Gasteiger partial charge on any atom is -0.455 e. The van der Waals surface area contributed by atoms with Gasteiger partial charge in [-0.3, -0.25) is 0 Å². The van der Waals surface area contributed by atoms with Crippen molar-refractivity contribution in [1.29, 1.82) is 0 Å². The van der Waals surface area contributed by atoms with Crippen LogP contribution in [0.5, 0.6) is 0 Å². The van der Waals surface area contributed by atoms with Crippen LogP contribution >= 0.6 is 0 Å². The highest BCUT2D eigenvalue weighted by Gasteiger charge is 2.26. The Bertz CT molecular complexity index is 3770. The maximum absolute atomic E-state index is 7.04. The Hall–Kier alpha value is -8.66. The highest BCUT2D eigenvalue weighted by molar-refractivity contribution is 6.15. The lowest BCUT2D eigenvalue weighted by atomic mass is 9.96. The molecule has 3 nitrogen and oxygen atoms in total. The molecule has 0 bridgehead atoms. The zero-order valence-electron chi connectivity index (χ0n) is 35.4. The normalized spacial score (nSPS) is 11.7. The van der Waals surface area contributed by atoms with Crippen molar-refractivity contribution < 1.29 is 4.42 Å². The number of hydrogen-bond acceptors (Lipinski definition) is 2. The number of hydrogen-bond donors (Lipinski definition) is 0. The van der Waals surface area contributed by atoms with Crippen LogP contribution in [0, 0.1) is 0 Å². The Morgan fingerprint density at radius 2 is 0.815 bits per heavy atom. The van der Waals surface area contributed by atoms with Crippen LogP contribution in [-0.2, 0) is 0 Å². The monoisotopic (exact) mass is 828 g/mol. The highest BCUT2D eigenvalue weighted by Crippen LogP contribution is 2.49. The van der Waals surface area contributed by atoms with Crippen molar-refractivity contribution in [3.63, 3.8) is 0 Å². The van der Waals surface area contributed by atoms with Crippen LogP contribution in [-0.4, -0.2) is 4.57 Å². The van der Waals surface area contributed by atoms with Gasteiger partial charge >= 0.3 is 0 Å². The van der Waals surface area contributed by atoms with Gasteiger partial charge in [0.2, 0.25) is 0 Å². The van der Waals surface area contributed by atoms with E-state index in [1.54, 1.807) is 0 Å². The number of aromatic nitrogens is 1. The summed E-state index contributed by atoms with van der Waals surface area (Å²) in [5.74, 6) is 0. The maximum atomic E-state index is 7.04. The van der Waals surface area contributed by atoms with Gasteiger partial charge < -0.3 is 13.9 Å². The predicted octanol–water partition coefficient (Wildman–Crippen LogP) is 17.5. The molecule has 0 aliphatic rings. The first-order valence-corrected chi connectivity index (χ1v) is 22.2. The molecule has 3 heteroatoms. The van der Waals surface area contributed by atoms with E-state index >= 15 is 0 Å². The highest BCUT2D eigenvalue weighted by atomic mass is 16.3. The first-order chi connectivity index (χ1) is 32.2. The maximum Gasteiger partial charge on any atom is 0.145 e. The summed E-state index contributed by atoms with van der Waals surface area (Å²) in [6.07, 6.45) is 0. The Kier molecular flexibility index (Phi) is 8.53. The van der Waals surface area contributed by atoms with Gasteiger partial charge in [0.15, 0.2) is 0 Å². The van der Waals surface area contributed by atoms with Crippen molar-refractivity contribution in [2.24, 2.45) is 0 Å². The van der Waals surface area contributed by atoms with Gasteiger partial charge in [-0.1, -0.05) is 170 Å². The molecule has 13 aromatic rings. The van der Waals surface area contributed by atoms with Gasteiger partial charge in [-0.15, -0.1) is 0 Å². The van der Waals surface area contributed by atoms with E-state index in [-0.39, 0.29) is 0 Å². The second-order valence-electron chi connectivity index (χ2n) is 16.9. The fourth-order valence-corrected chi connectivity index (χ4v) is 10.1. The summed E-state index contributed by atoms with van der Waals surface area (Å²) >= 11 is 0. The Morgan fingerprint density at radius 1 is 0.338 bits per heavy atom. The molecule has 0 unspecified atom stereocenters. The van der Waals surface area contributed by atoms with Gasteiger partial charge in [-0.2, -0.15) is 0 Å². The number of para-hydroxylation sites is 4.